The van der Waals surface area contributed by atoms with E-state index in [9.17, 15) is 0 Å². The predicted molar refractivity (Wildman–Crippen MR) is 66.7 cm³/mol. The van der Waals surface area contributed by atoms with Gasteiger partial charge in [-0.3, -0.25) is 0 Å². The average molecular weight is 362 g/mol. The van der Waals surface area contributed by atoms with Gasteiger partial charge < -0.3 is 0 Å². The van der Waals surface area contributed by atoms with Gasteiger partial charge in [0.1, 0.15) is 0 Å². The van der Waals surface area contributed by atoms with Crippen molar-refractivity contribution >= 4 is 48.0 Å². The SMILES string of the molecule is Cc1ccccc1C.I.I. The average Bonchev–Trinajstić information content (AvgIpc) is 1.77. The summed E-state index contributed by atoms with van der Waals surface area (Å²) in [5, 5.41) is 0. The van der Waals surface area contributed by atoms with E-state index >= 15 is 0 Å². The summed E-state index contributed by atoms with van der Waals surface area (Å²) < 4.78 is 0. The Hall–Kier alpha value is 0.680. The van der Waals surface area contributed by atoms with E-state index in [2.05, 4.69) is 38.1 Å². The van der Waals surface area contributed by atoms with Crippen LogP contribution in [0.15, 0.2) is 24.3 Å². The summed E-state index contributed by atoms with van der Waals surface area (Å²) in [6.45, 7) is 4.24. The zero-order valence-electron chi connectivity index (χ0n) is 6.13. The highest BCUT2D eigenvalue weighted by atomic mass is 127. The summed E-state index contributed by atoms with van der Waals surface area (Å²) in [6.07, 6.45) is 0. The number of benzene rings is 1. The number of rotatable bonds is 0. The zero-order chi connectivity index (χ0) is 5.98. The van der Waals surface area contributed by atoms with Crippen LogP contribution in [0.2, 0.25) is 0 Å². The number of aryl methyl sites for hydroxylation is 2. The summed E-state index contributed by atoms with van der Waals surface area (Å²) >= 11 is 0. The smallest absolute Gasteiger partial charge is 0.0395 e. The third kappa shape index (κ3) is 3.75. The Morgan fingerprint density at radius 3 is 1.30 bits per heavy atom. The molecule has 0 heterocycles. The Morgan fingerprint density at radius 1 is 0.800 bits per heavy atom. The molecule has 0 fully saturated rings. The molecule has 0 aromatic heterocycles. The minimum absolute atomic E-state index is 0. The molecule has 1 aromatic carbocycles. The number of hydrogen-bond donors (Lipinski definition) is 0. The molecule has 0 saturated heterocycles. The van der Waals surface area contributed by atoms with Gasteiger partial charge in [-0.25, -0.2) is 0 Å². The molecular formula is C8H12I2. The van der Waals surface area contributed by atoms with Crippen LogP contribution in [-0.4, -0.2) is 0 Å². The largest absolute Gasteiger partial charge is 0.107 e. The van der Waals surface area contributed by atoms with E-state index in [1.807, 2.05) is 0 Å². The molecule has 0 saturated carbocycles. The lowest BCUT2D eigenvalue weighted by molar-refractivity contribution is 1.34. The van der Waals surface area contributed by atoms with Gasteiger partial charge in [-0.15, -0.1) is 48.0 Å². The molecule has 0 nitrogen and oxygen atoms in total. The van der Waals surface area contributed by atoms with Crippen LogP contribution in [0.1, 0.15) is 11.1 Å². The van der Waals surface area contributed by atoms with Crippen LogP contribution in [0, 0.1) is 13.8 Å². The van der Waals surface area contributed by atoms with E-state index in [1.54, 1.807) is 0 Å². The second-order valence-electron chi connectivity index (χ2n) is 2.08. The zero-order valence-corrected chi connectivity index (χ0v) is 10.8. The van der Waals surface area contributed by atoms with Crippen LogP contribution in [-0.2, 0) is 0 Å². The highest BCUT2D eigenvalue weighted by Crippen LogP contribution is 2.02. The summed E-state index contributed by atoms with van der Waals surface area (Å²) in [5.41, 5.74) is 2.74. The lowest BCUT2D eigenvalue weighted by atomic mass is 10.1. The molecule has 0 radical (unpaired) electrons. The van der Waals surface area contributed by atoms with E-state index in [-0.39, 0.29) is 48.0 Å². The lowest BCUT2D eigenvalue weighted by Crippen LogP contribution is -1.74. The molecule has 0 aliphatic heterocycles. The Labute approximate surface area is 96.4 Å². The van der Waals surface area contributed by atoms with E-state index in [0.717, 1.165) is 0 Å². The molecule has 10 heavy (non-hydrogen) atoms. The first-order chi connectivity index (χ1) is 3.80. The third-order valence-corrected chi connectivity index (χ3v) is 1.43. The Bertz CT molecular complexity index is 163. The van der Waals surface area contributed by atoms with Crippen LogP contribution in [0.25, 0.3) is 0 Å². The van der Waals surface area contributed by atoms with Crippen molar-refractivity contribution in [1.82, 2.24) is 0 Å². The van der Waals surface area contributed by atoms with Crippen molar-refractivity contribution in [3.05, 3.63) is 35.4 Å². The number of hydrogen-bond acceptors (Lipinski definition) is 0. The quantitative estimate of drug-likeness (QED) is 0.620. The lowest BCUT2D eigenvalue weighted by Gasteiger charge is -1.93. The summed E-state index contributed by atoms with van der Waals surface area (Å²) in [7, 11) is 0. The first kappa shape index (κ1) is 13.3. The molecule has 0 bridgehead atoms. The van der Waals surface area contributed by atoms with Gasteiger partial charge in [-0.2, -0.15) is 0 Å². The maximum atomic E-state index is 2.12. The van der Waals surface area contributed by atoms with Crippen molar-refractivity contribution in [3.63, 3.8) is 0 Å². The molecule has 1 aromatic rings. The van der Waals surface area contributed by atoms with Gasteiger partial charge in [0.15, 0.2) is 0 Å². The van der Waals surface area contributed by atoms with Crippen molar-refractivity contribution in [2.45, 2.75) is 13.8 Å². The fourth-order valence-electron chi connectivity index (χ4n) is 0.663. The molecule has 0 atom stereocenters. The predicted octanol–water partition coefficient (Wildman–Crippen LogP) is 3.54. The summed E-state index contributed by atoms with van der Waals surface area (Å²) in [6, 6.07) is 8.36. The van der Waals surface area contributed by atoms with Gasteiger partial charge in [-0.1, -0.05) is 24.3 Å². The molecule has 0 unspecified atom stereocenters. The molecular weight excluding hydrogens is 350 g/mol. The molecule has 0 spiro atoms. The highest BCUT2D eigenvalue weighted by molar-refractivity contribution is 14.0. The normalized spacial score (nSPS) is 7.40. The molecule has 0 aliphatic rings. The second-order valence-corrected chi connectivity index (χ2v) is 2.08. The van der Waals surface area contributed by atoms with Gasteiger partial charge in [-0.05, 0) is 25.0 Å². The van der Waals surface area contributed by atoms with Gasteiger partial charge >= 0.3 is 0 Å². The van der Waals surface area contributed by atoms with Gasteiger partial charge in [0.25, 0.3) is 0 Å². The summed E-state index contributed by atoms with van der Waals surface area (Å²) in [5.74, 6) is 0. The van der Waals surface area contributed by atoms with Crippen LogP contribution >= 0.6 is 48.0 Å². The second kappa shape index (κ2) is 6.39. The van der Waals surface area contributed by atoms with Crippen molar-refractivity contribution in [2.75, 3.05) is 0 Å². The van der Waals surface area contributed by atoms with Crippen LogP contribution in [0.5, 0.6) is 0 Å². The van der Waals surface area contributed by atoms with E-state index in [0.29, 0.717) is 0 Å². The van der Waals surface area contributed by atoms with Crippen molar-refractivity contribution in [2.24, 2.45) is 0 Å². The maximum Gasteiger partial charge on any atom is -0.0395 e. The standard InChI is InChI=1S/C8H10.2HI/c1-7-5-3-4-6-8(7)2;;/h3-6H,1-2H3;2*1H. The topological polar surface area (TPSA) is 0 Å². The maximum absolute atomic E-state index is 2.12. The number of halogens is 2. The van der Waals surface area contributed by atoms with Crippen molar-refractivity contribution in [1.29, 1.82) is 0 Å². The van der Waals surface area contributed by atoms with Crippen LogP contribution in [0.3, 0.4) is 0 Å². The fraction of sp³-hybridized carbons (Fsp3) is 0.250. The Morgan fingerprint density at radius 2 is 1.10 bits per heavy atom. The summed E-state index contributed by atoms with van der Waals surface area (Å²) in [4.78, 5) is 0. The first-order valence-electron chi connectivity index (χ1n) is 2.83. The molecule has 0 N–H and O–H groups in total. The van der Waals surface area contributed by atoms with Gasteiger partial charge in [0.2, 0.25) is 0 Å². The van der Waals surface area contributed by atoms with Crippen LogP contribution in [0.4, 0.5) is 0 Å². The first-order valence-corrected chi connectivity index (χ1v) is 2.83. The van der Waals surface area contributed by atoms with Gasteiger partial charge in [0, 0.05) is 0 Å². The Kier molecular flexibility index (Phi) is 8.49. The third-order valence-electron chi connectivity index (χ3n) is 1.43. The molecule has 0 amide bonds. The van der Waals surface area contributed by atoms with Crippen LogP contribution < -0.4 is 0 Å². The molecule has 0 aliphatic carbocycles. The monoisotopic (exact) mass is 362 g/mol. The highest BCUT2D eigenvalue weighted by Gasteiger charge is 1.83. The minimum atomic E-state index is 0. The van der Waals surface area contributed by atoms with E-state index < -0.39 is 0 Å². The molecule has 1 rings (SSSR count). The van der Waals surface area contributed by atoms with Crippen molar-refractivity contribution < 1.29 is 0 Å². The fourth-order valence-corrected chi connectivity index (χ4v) is 0.663. The van der Waals surface area contributed by atoms with Gasteiger partial charge in [0.05, 0.1) is 0 Å². The molecule has 2 heteroatoms. The minimum Gasteiger partial charge on any atom is -0.107 e. The van der Waals surface area contributed by atoms with E-state index in [4.69, 9.17) is 0 Å². The van der Waals surface area contributed by atoms with E-state index in [1.165, 1.54) is 11.1 Å². The van der Waals surface area contributed by atoms with Crippen molar-refractivity contribution in [3.8, 4) is 0 Å². The molecule has 58 valence electrons. The Balaban J connectivity index is 0.